The molecule has 7 heteroatoms. The molecule has 0 N–H and O–H groups in total. The molecule has 3 aromatic heterocycles. The molecule has 0 aliphatic heterocycles. The highest BCUT2D eigenvalue weighted by atomic mass is 16.2. The molecule has 0 saturated heterocycles. The van der Waals surface area contributed by atoms with E-state index in [2.05, 4.69) is 4.98 Å². The minimum absolute atomic E-state index is 0.0974. The molecule has 3 aromatic rings. The molecule has 4 rings (SSSR count). The third kappa shape index (κ3) is 2.82. The summed E-state index contributed by atoms with van der Waals surface area (Å²) >= 11 is 0. The van der Waals surface area contributed by atoms with Crippen LogP contribution in [0.3, 0.4) is 0 Å². The predicted octanol–water partition coefficient (Wildman–Crippen LogP) is 1.18. The first-order valence-corrected chi connectivity index (χ1v) is 8.42. The van der Waals surface area contributed by atoms with E-state index in [1.165, 1.54) is 15.0 Å². The summed E-state index contributed by atoms with van der Waals surface area (Å²) in [6.07, 6.45) is 8.97. The smallest absolute Gasteiger partial charge is 0.306 e. The summed E-state index contributed by atoms with van der Waals surface area (Å²) in [6, 6.07) is 6.79. The summed E-state index contributed by atoms with van der Waals surface area (Å²) < 4.78 is 4.30. The van der Waals surface area contributed by atoms with Gasteiger partial charge in [0.05, 0.1) is 12.2 Å². The van der Waals surface area contributed by atoms with Gasteiger partial charge in [-0.05, 0) is 25.0 Å². The van der Waals surface area contributed by atoms with Gasteiger partial charge < -0.3 is 9.13 Å². The summed E-state index contributed by atoms with van der Waals surface area (Å²) in [5.74, 6) is 0. The molecule has 0 atom stereocenters. The lowest BCUT2D eigenvalue weighted by Gasteiger charge is -2.14. The van der Waals surface area contributed by atoms with E-state index >= 15 is 0 Å². The van der Waals surface area contributed by atoms with Crippen LogP contribution in [-0.4, -0.2) is 18.5 Å². The van der Waals surface area contributed by atoms with E-state index in [1.807, 2.05) is 0 Å². The molecule has 7 nitrogen and oxygen atoms in total. The summed E-state index contributed by atoms with van der Waals surface area (Å²) in [7, 11) is 0. The Kier molecular flexibility index (Phi) is 3.83. The molecule has 0 amide bonds. The van der Waals surface area contributed by atoms with Gasteiger partial charge in [0.15, 0.2) is 0 Å². The molecule has 1 saturated carbocycles. The van der Waals surface area contributed by atoms with Crippen molar-refractivity contribution in [2.75, 3.05) is 0 Å². The number of fused-ring (bicyclic) bond motifs is 1. The van der Waals surface area contributed by atoms with Gasteiger partial charge in [0.25, 0.3) is 5.56 Å². The number of aromatic nitrogens is 4. The van der Waals surface area contributed by atoms with Crippen LogP contribution in [0.15, 0.2) is 57.2 Å². The molecule has 1 aliphatic carbocycles. The van der Waals surface area contributed by atoms with Gasteiger partial charge in [0.2, 0.25) is 0 Å². The number of hydrogen-bond donors (Lipinski definition) is 0. The number of pyridine rings is 1. The van der Waals surface area contributed by atoms with Crippen LogP contribution in [0.1, 0.15) is 37.4 Å². The van der Waals surface area contributed by atoms with Gasteiger partial charge in [-0.1, -0.05) is 18.9 Å². The van der Waals surface area contributed by atoms with E-state index in [0.29, 0.717) is 11.3 Å². The van der Waals surface area contributed by atoms with E-state index in [1.54, 1.807) is 41.4 Å². The fraction of sp³-hybridized carbons (Fsp3) is 0.333. The maximum atomic E-state index is 12.4. The van der Waals surface area contributed by atoms with Crippen molar-refractivity contribution >= 4 is 5.65 Å². The lowest BCUT2D eigenvalue weighted by atomic mass is 10.2. The SMILES string of the molecule is O=c1c(=O)n(C2CCCC2)ccn1Cc1cc(=O)n2ccccc2n1. The van der Waals surface area contributed by atoms with Gasteiger partial charge >= 0.3 is 11.1 Å². The minimum atomic E-state index is -0.579. The molecular weight excluding hydrogens is 320 g/mol. The molecule has 1 fully saturated rings. The minimum Gasteiger partial charge on any atom is -0.306 e. The van der Waals surface area contributed by atoms with Crippen molar-refractivity contribution in [1.29, 1.82) is 0 Å². The van der Waals surface area contributed by atoms with E-state index in [0.717, 1.165) is 25.7 Å². The van der Waals surface area contributed by atoms with Crippen LogP contribution in [0.4, 0.5) is 0 Å². The molecule has 0 aromatic carbocycles. The molecule has 0 bridgehead atoms. The summed E-state index contributed by atoms with van der Waals surface area (Å²) in [5.41, 5.74) is -0.335. The van der Waals surface area contributed by atoms with Gasteiger partial charge in [0.1, 0.15) is 5.65 Å². The van der Waals surface area contributed by atoms with Crippen LogP contribution in [0.5, 0.6) is 0 Å². The van der Waals surface area contributed by atoms with Gasteiger partial charge in [-0.2, -0.15) is 0 Å². The molecule has 25 heavy (non-hydrogen) atoms. The Morgan fingerprint density at radius 3 is 2.60 bits per heavy atom. The van der Waals surface area contributed by atoms with E-state index in [4.69, 9.17) is 0 Å². The largest absolute Gasteiger partial charge is 0.316 e. The average molecular weight is 338 g/mol. The van der Waals surface area contributed by atoms with Crippen molar-refractivity contribution in [2.45, 2.75) is 38.3 Å². The Bertz CT molecular complexity index is 1100. The van der Waals surface area contributed by atoms with E-state index in [-0.39, 0.29) is 18.1 Å². The first-order valence-electron chi connectivity index (χ1n) is 8.42. The highest BCUT2D eigenvalue weighted by Crippen LogP contribution is 2.27. The first-order chi connectivity index (χ1) is 12.1. The van der Waals surface area contributed by atoms with Gasteiger partial charge in [-0.15, -0.1) is 0 Å². The quantitative estimate of drug-likeness (QED) is 0.672. The van der Waals surface area contributed by atoms with Crippen LogP contribution in [-0.2, 0) is 6.54 Å². The van der Waals surface area contributed by atoms with Crippen molar-refractivity contribution < 1.29 is 0 Å². The van der Waals surface area contributed by atoms with Crippen LogP contribution in [0, 0.1) is 0 Å². The maximum absolute atomic E-state index is 12.4. The van der Waals surface area contributed by atoms with Gasteiger partial charge in [-0.25, -0.2) is 4.98 Å². The second-order valence-electron chi connectivity index (χ2n) is 6.40. The number of nitrogens with zero attached hydrogens (tertiary/aromatic N) is 4. The monoisotopic (exact) mass is 338 g/mol. The fourth-order valence-electron chi connectivity index (χ4n) is 3.47. The molecule has 128 valence electrons. The Morgan fingerprint density at radius 1 is 1.00 bits per heavy atom. The van der Waals surface area contributed by atoms with Crippen molar-refractivity contribution in [2.24, 2.45) is 0 Å². The highest BCUT2D eigenvalue weighted by Gasteiger charge is 2.19. The second-order valence-corrected chi connectivity index (χ2v) is 6.40. The molecule has 0 spiro atoms. The predicted molar refractivity (Wildman–Crippen MR) is 93.0 cm³/mol. The molecule has 3 heterocycles. The zero-order chi connectivity index (χ0) is 17.4. The number of rotatable bonds is 3. The van der Waals surface area contributed by atoms with Gasteiger partial charge in [-0.3, -0.25) is 18.8 Å². The third-order valence-electron chi connectivity index (χ3n) is 4.76. The standard InChI is InChI=1S/C18H18N4O3/c23-16-11-13(19-15-7-3-4-8-22(15)16)12-20-9-10-21(18(25)17(20)24)14-5-1-2-6-14/h3-4,7-11,14H,1-2,5-6,12H2. The Labute approximate surface area is 142 Å². The zero-order valence-corrected chi connectivity index (χ0v) is 13.7. The highest BCUT2D eigenvalue weighted by molar-refractivity contribution is 5.38. The van der Waals surface area contributed by atoms with Crippen LogP contribution in [0.2, 0.25) is 0 Å². The lowest BCUT2D eigenvalue weighted by molar-refractivity contribution is 0.487. The van der Waals surface area contributed by atoms with Crippen molar-refractivity contribution in [3.05, 3.63) is 79.6 Å². The zero-order valence-electron chi connectivity index (χ0n) is 13.7. The van der Waals surface area contributed by atoms with Crippen molar-refractivity contribution in [1.82, 2.24) is 18.5 Å². The second kappa shape index (κ2) is 6.16. The van der Waals surface area contributed by atoms with Crippen LogP contribution >= 0.6 is 0 Å². The normalized spacial score (nSPS) is 15.0. The molecule has 1 aliphatic rings. The van der Waals surface area contributed by atoms with E-state index in [9.17, 15) is 14.4 Å². The average Bonchev–Trinajstić information content (AvgIpc) is 3.14. The lowest BCUT2D eigenvalue weighted by Crippen LogP contribution is -2.41. The first kappa shape index (κ1) is 15.6. The molecule has 0 unspecified atom stereocenters. The Morgan fingerprint density at radius 2 is 1.80 bits per heavy atom. The van der Waals surface area contributed by atoms with Crippen LogP contribution < -0.4 is 16.7 Å². The van der Waals surface area contributed by atoms with Gasteiger partial charge in [0, 0.05) is 30.7 Å². The van der Waals surface area contributed by atoms with Crippen molar-refractivity contribution in [3.63, 3.8) is 0 Å². The Balaban J connectivity index is 1.72. The number of hydrogen-bond acceptors (Lipinski definition) is 4. The summed E-state index contributed by atoms with van der Waals surface area (Å²) in [5, 5.41) is 0. The van der Waals surface area contributed by atoms with Crippen LogP contribution in [0.25, 0.3) is 5.65 Å². The van der Waals surface area contributed by atoms with E-state index < -0.39 is 11.1 Å². The summed E-state index contributed by atoms with van der Waals surface area (Å²) in [4.78, 5) is 41.3. The molecular formula is C18H18N4O3. The van der Waals surface area contributed by atoms with Crippen molar-refractivity contribution in [3.8, 4) is 0 Å². The topological polar surface area (TPSA) is 78.4 Å². The Hall–Kier alpha value is -2.96. The summed E-state index contributed by atoms with van der Waals surface area (Å²) in [6.45, 7) is 0.0974. The third-order valence-corrected chi connectivity index (χ3v) is 4.76. The molecule has 0 radical (unpaired) electrons. The maximum Gasteiger partial charge on any atom is 0.316 e. The fourth-order valence-corrected chi connectivity index (χ4v) is 3.47.